The summed E-state index contributed by atoms with van der Waals surface area (Å²) in [5.41, 5.74) is -4.49. The molecule has 0 unspecified atom stereocenters. The van der Waals surface area contributed by atoms with Crippen LogP contribution in [0.15, 0.2) is 78.6 Å². The van der Waals surface area contributed by atoms with Crippen LogP contribution in [0.25, 0.3) is 0 Å². The number of benzene rings is 2. The lowest BCUT2D eigenvalue weighted by atomic mass is 9.85. The quantitative estimate of drug-likeness (QED) is 0.0589. The van der Waals surface area contributed by atoms with E-state index < -0.39 is 101 Å². The smallest absolute Gasteiger partial charge is 0.341 e. The van der Waals surface area contributed by atoms with Gasteiger partial charge in [0.25, 0.3) is 5.91 Å². The molecule has 3 saturated heterocycles. The lowest BCUT2D eigenvalue weighted by molar-refractivity contribution is -0.323. The number of methoxy groups -OCH3 is 1. The van der Waals surface area contributed by atoms with Crippen molar-refractivity contribution in [1.82, 2.24) is 4.90 Å². The van der Waals surface area contributed by atoms with Crippen LogP contribution in [-0.2, 0) is 46.2 Å². The minimum atomic E-state index is -3.22. The number of nitrogens with one attached hydrogen (secondary N) is 1. The number of rotatable bonds is 15. The van der Waals surface area contributed by atoms with Crippen molar-refractivity contribution in [3.8, 4) is 40.9 Å². The van der Waals surface area contributed by atoms with Gasteiger partial charge in [0.2, 0.25) is 5.60 Å². The Morgan fingerprint density at radius 3 is 2.13 bits per heavy atom. The van der Waals surface area contributed by atoms with Gasteiger partial charge < -0.3 is 61.1 Å². The van der Waals surface area contributed by atoms with Crippen LogP contribution in [0, 0.1) is 29.1 Å². The van der Waals surface area contributed by atoms with Crippen LogP contribution in [0.1, 0.15) is 100 Å². The second-order valence-electron chi connectivity index (χ2n) is 23.1. The van der Waals surface area contributed by atoms with Gasteiger partial charge in [0.05, 0.1) is 41.5 Å². The summed E-state index contributed by atoms with van der Waals surface area (Å²) in [6.07, 6.45) is -0.414. The average molecular weight is 1070 g/mol. The summed E-state index contributed by atoms with van der Waals surface area (Å²) in [6.45, 7) is 29.9. The van der Waals surface area contributed by atoms with Gasteiger partial charge in [-0.05, 0) is 101 Å². The monoisotopic (exact) mass is 1070 g/mol. The Morgan fingerprint density at radius 2 is 1.53 bits per heavy atom. The van der Waals surface area contributed by atoms with Crippen molar-refractivity contribution in [1.29, 1.82) is 0 Å². The molecule has 0 bridgehead atoms. The van der Waals surface area contributed by atoms with E-state index in [0.717, 1.165) is 0 Å². The molecule has 75 heavy (non-hydrogen) atoms. The van der Waals surface area contributed by atoms with Crippen LogP contribution >= 0.6 is 0 Å². The SMILES string of the molecule is C=C1Oc2cc(OC)cc(C(=O)O[C@@H](COC(=O)C(C)(C)C)[C@]34C#CC5=CC=C[C@]5(O[C@@H]5OC(C)(C)[C@@H](N(C)C)[C@H]6O[Si](C(C)C)(C(C)C)O[Si](C(C)C)(C(C)C)O[C@@H]56)[C@H](Oc5ccccc5)C#C[C@H]3O4)c2NC1=O. The summed E-state index contributed by atoms with van der Waals surface area (Å²) in [4.78, 5) is 43.0. The molecule has 2 aliphatic carbocycles. The minimum absolute atomic E-state index is 0.0162. The van der Waals surface area contributed by atoms with Crippen molar-refractivity contribution >= 4 is 40.7 Å². The third kappa shape index (κ3) is 10.3. The van der Waals surface area contributed by atoms with E-state index in [1.165, 1.54) is 19.2 Å². The van der Waals surface area contributed by atoms with Gasteiger partial charge in [-0.1, -0.05) is 110 Å². The van der Waals surface area contributed by atoms with E-state index in [2.05, 4.69) is 95.9 Å². The van der Waals surface area contributed by atoms with E-state index in [9.17, 15) is 14.4 Å². The first-order valence-electron chi connectivity index (χ1n) is 25.8. The molecule has 2 aromatic rings. The summed E-state index contributed by atoms with van der Waals surface area (Å²) in [5.74, 6) is 11.8. The lowest BCUT2D eigenvalue weighted by Crippen LogP contribution is -2.70. The molecule has 9 atom stereocenters. The topological polar surface area (TPSA) is 171 Å². The zero-order valence-corrected chi connectivity index (χ0v) is 48.2. The maximum atomic E-state index is 14.6. The largest absolute Gasteiger partial charge is 0.497 e. The number of esters is 2. The Bertz CT molecular complexity index is 2740. The fraction of sp³-hybridized carbons (Fsp3) is 0.561. The normalized spacial score (nSPS) is 29.2. The molecular formula is C57H74N2O14Si2. The molecule has 1 amide bonds. The van der Waals surface area contributed by atoms with Gasteiger partial charge in [-0.15, -0.1) is 0 Å². The maximum Gasteiger partial charge on any atom is 0.341 e. The molecule has 16 nitrogen and oxygen atoms in total. The van der Waals surface area contributed by atoms with Crippen molar-refractivity contribution in [2.75, 3.05) is 33.1 Å². The molecule has 4 heterocycles. The third-order valence-corrected chi connectivity index (χ3v) is 25.1. The number of amides is 1. The minimum Gasteiger partial charge on any atom is -0.497 e. The number of carbonyl (C=O) groups excluding carboxylic acids is 3. The van der Waals surface area contributed by atoms with Gasteiger partial charge in [0.15, 0.2) is 41.7 Å². The van der Waals surface area contributed by atoms with Gasteiger partial charge >= 0.3 is 29.1 Å². The first-order valence-corrected chi connectivity index (χ1v) is 29.8. The zero-order chi connectivity index (χ0) is 54.8. The Hall–Kier alpha value is -5.26. The number of likely N-dealkylation sites (N-methyl/N-ethyl adjacent to an activating group) is 1. The molecular weight excluding hydrogens is 993 g/mol. The molecule has 0 radical (unpaired) electrons. The van der Waals surface area contributed by atoms with Crippen LogP contribution in [0.3, 0.4) is 0 Å². The zero-order valence-electron chi connectivity index (χ0n) is 46.2. The van der Waals surface area contributed by atoms with Crippen molar-refractivity contribution in [3.05, 3.63) is 84.2 Å². The van der Waals surface area contributed by atoms with Crippen molar-refractivity contribution in [2.24, 2.45) is 5.41 Å². The molecule has 0 spiro atoms. The highest BCUT2D eigenvalue weighted by Gasteiger charge is 2.68. The van der Waals surface area contributed by atoms with Gasteiger partial charge in [-0.2, -0.15) is 0 Å². The molecule has 1 N–H and O–H groups in total. The molecule has 6 aliphatic rings. The second kappa shape index (κ2) is 20.6. The van der Waals surface area contributed by atoms with Crippen LogP contribution in [0.4, 0.5) is 5.69 Å². The highest BCUT2D eigenvalue weighted by molar-refractivity contribution is 6.84. The molecule has 18 heteroatoms. The summed E-state index contributed by atoms with van der Waals surface area (Å²) in [5, 5.41) is 2.67. The summed E-state index contributed by atoms with van der Waals surface area (Å²) >= 11 is 0. The van der Waals surface area contributed by atoms with Crippen molar-refractivity contribution < 1.29 is 65.2 Å². The number of nitrogens with zero attached hydrogens (tertiary/aromatic N) is 1. The molecule has 2 aromatic carbocycles. The van der Waals surface area contributed by atoms with E-state index in [-0.39, 0.29) is 56.7 Å². The van der Waals surface area contributed by atoms with Gasteiger partial charge in [-0.25, -0.2) is 4.79 Å². The third-order valence-electron chi connectivity index (χ3n) is 14.8. The van der Waals surface area contributed by atoms with Gasteiger partial charge in [-0.3, -0.25) is 9.59 Å². The van der Waals surface area contributed by atoms with E-state index in [1.807, 2.05) is 76.5 Å². The fourth-order valence-corrected chi connectivity index (χ4v) is 22.1. The van der Waals surface area contributed by atoms with E-state index >= 15 is 0 Å². The number of anilines is 1. The summed E-state index contributed by atoms with van der Waals surface area (Å²) in [6, 6.07) is 11.9. The van der Waals surface area contributed by atoms with E-state index in [4.69, 9.17) is 50.9 Å². The fourth-order valence-electron chi connectivity index (χ4n) is 10.9. The number of epoxide rings is 1. The molecule has 404 valence electrons. The Kier molecular flexibility index (Phi) is 15.4. The second-order valence-corrected chi connectivity index (χ2v) is 31.9. The predicted octanol–water partition coefficient (Wildman–Crippen LogP) is 8.90. The maximum absolute atomic E-state index is 14.6. The Morgan fingerprint density at radius 1 is 0.893 bits per heavy atom. The molecule has 3 fully saturated rings. The van der Waals surface area contributed by atoms with Crippen LogP contribution in [0.5, 0.6) is 17.2 Å². The first-order chi connectivity index (χ1) is 35.1. The molecule has 0 aromatic heterocycles. The Labute approximate surface area is 444 Å². The summed E-state index contributed by atoms with van der Waals surface area (Å²) < 4.78 is 74.7. The van der Waals surface area contributed by atoms with Crippen LogP contribution in [-0.4, -0.2) is 127 Å². The number of hydrogen-bond acceptors (Lipinski definition) is 15. The predicted molar refractivity (Wildman–Crippen MR) is 285 cm³/mol. The highest BCUT2D eigenvalue weighted by atomic mass is 28.5. The van der Waals surface area contributed by atoms with E-state index in [0.29, 0.717) is 11.3 Å². The Balaban J connectivity index is 1.26. The number of hydrogen-bond donors (Lipinski definition) is 1. The van der Waals surface area contributed by atoms with Crippen molar-refractivity contribution in [2.45, 2.75) is 172 Å². The molecule has 0 saturated carbocycles. The molecule has 4 aliphatic heterocycles. The van der Waals surface area contributed by atoms with Crippen LogP contribution < -0.4 is 19.5 Å². The highest BCUT2D eigenvalue weighted by Crippen LogP contribution is 2.53. The van der Waals surface area contributed by atoms with Crippen LogP contribution in [0.2, 0.25) is 22.2 Å². The lowest BCUT2D eigenvalue weighted by Gasteiger charge is -2.55. The van der Waals surface area contributed by atoms with Gasteiger partial charge in [0.1, 0.15) is 24.2 Å². The first kappa shape index (κ1) is 56.0. The van der Waals surface area contributed by atoms with Gasteiger partial charge in [0, 0.05) is 11.6 Å². The standard InChI is InChI=1S/C57H74N2O14Si2/c1-33(2)74(34(3)4)71-47-48(72-75(73-74,35(5)6)36(7)8)52(69-55(13,14)49(47)59(15)16)70-56-28-21-22-38(56)27-29-57(44(68-57)26-25-43(56)66-39-23-19-18-20-24-39)45(32-64-53(62)54(10,11)12)67-51(61)41-30-40(63-17)31-42-46(41)58-50(60)37(9)65-42/h18-24,28,30-31,33-36,43-45,47-49,52H,9,32H2,1-8,10-17H3,(H,58,60)/t43-,44-,45+,47+,48-,49+,52+,56-,57+/m1/s1. The summed E-state index contributed by atoms with van der Waals surface area (Å²) in [7, 11) is -0.848. The average Bonchev–Trinajstić information content (AvgIpc) is 3.94. The number of fused-ring (bicyclic) bond motifs is 4. The number of ether oxygens (including phenoxy) is 8. The number of allylic oxidation sites excluding steroid dienone is 2. The number of carbonyl (C=O) groups is 3. The van der Waals surface area contributed by atoms with Crippen molar-refractivity contribution in [3.63, 3.8) is 0 Å². The number of para-hydroxylation sites is 1. The van der Waals surface area contributed by atoms with E-state index in [1.54, 1.807) is 20.8 Å². The molecule has 8 rings (SSSR count).